The molecule has 1 aromatic carbocycles. The molecule has 2 N–H and O–H groups in total. The van der Waals surface area contributed by atoms with Crippen LogP contribution in [0.2, 0.25) is 0 Å². The van der Waals surface area contributed by atoms with Crippen molar-refractivity contribution in [1.29, 1.82) is 0 Å². The molecule has 0 spiro atoms. The van der Waals surface area contributed by atoms with Crippen molar-refractivity contribution in [3.63, 3.8) is 0 Å². The highest BCUT2D eigenvalue weighted by molar-refractivity contribution is 6.00. The highest BCUT2D eigenvalue weighted by atomic mass is 16.1. The average molecular weight is 300 g/mol. The molecule has 0 bridgehead atoms. The standard InChI is InChI=1S/C19H28N2O/c1-3-16(21-17-7-5-4-6-13(17)2)19(22)15-8-9-18-14(12-15)10-11-20-18/h8-9,12-13,16-17,20-21H,3-7,10-11H2,1-2H3. The summed E-state index contributed by atoms with van der Waals surface area (Å²) < 4.78 is 0. The fourth-order valence-corrected chi connectivity index (χ4v) is 3.86. The summed E-state index contributed by atoms with van der Waals surface area (Å²) in [5.41, 5.74) is 3.34. The van der Waals surface area contributed by atoms with Gasteiger partial charge in [0.15, 0.2) is 5.78 Å². The Morgan fingerprint density at radius 3 is 2.95 bits per heavy atom. The molecule has 22 heavy (non-hydrogen) atoms. The molecule has 1 aromatic rings. The van der Waals surface area contributed by atoms with E-state index in [4.69, 9.17) is 0 Å². The Morgan fingerprint density at radius 1 is 1.36 bits per heavy atom. The summed E-state index contributed by atoms with van der Waals surface area (Å²) in [6.45, 7) is 5.41. The lowest BCUT2D eigenvalue weighted by atomic mass is 9.85. The summed E-state index contributed by atoms with van der Waals surface area (Å²) in [6, 6.07) is 6.59. The van der Waals surface area contributed by atoms with E-state index < -0.39 is 0 Å². The number of anilines is 1. The summed E-state index contributed by atoms with van der Waals surface area (Å²) >= 11 is 0. The highest BCUT2D eigenvalue weighted by Crippen LogP contribution is 2.26. The third kappa shape index (κ3) is 3.19. The summed E-state index contributed by atoms with van der Waals surface area (Å²) in [5.74, 6) is 0.940. The zero-order chi connectivity index (χ0) is 15.5. The van der Waals surface area contributed by atoms with Gasteiger partial charge in [0.2, 0.25) is 0 Å². The Balaban J connectivity index is 1.71. The van der Waals surface area contributed by atoms with Crippen LogP contribution in [0.1, 0.15) is 61.9 Å². The van der Waals surface area contributed by atoms with E-state index in [0.29, 0.717) is 12.0 Å². The van der Waals surface area contributed by atoms with Crippen LogP contribution in [0.15, 0.2) is 18.2 Å². The Bertz CT molecular complexity index is 540. The first-order chi connectivity index (χ1) is 10.7. The fourth-order valence-electron chi connectivity index (χ4n) is 3.86. The number of carbonyl (C=O) groups is 1. The molecule has 0 saturated heterocycles. The highest BCUT2D eigenvalue weighted by Gasteiger charge is 2.27. The van der Waals surface area contributed by atoms with Crippen molar-refractivity contribution in [1.82, 2.24) is 5.32 Å². The van der Waals surface area contributed by atoms with E-state index in [2.05, 4.69) is 36.6 Å². The minimum absolute atomic E-state index is 0.0436. The molecule has 3 rings (SSSR count). The Labute approximate surface area is 133 Å². The Morgan fingerprint density at radius 2 is 2.18 bits per heavy atom. The second-order valence-corrected chi connectivity index (χ2v) is 6.91. The normalized spacial score (nSPS) is 25.4. The summed E-state index contributed by atoms with van der Waals surface area (Å²) in [7, 11) is 0. The molecule has 1 heterocycles. The van der Waals surface area contributed by atoms with Crippen molar-refractivity contribution in [3.05, 3.63) is 29.3 Å². The van der Waals surface area contributed by atoms with Crippen LogP contribution in [0.5, 0.6) is 0 Å². The molecule has 1 aliphatic heterocycles. The van der Waals surface area contributed by atoms with Gasteiger partial charge in [-0.05, 0) is 55.4 Å². The van der Waals surface area contributed by atoms with Gasteiger partial charge in [-0.1, -0.05) is 26.7 Å². The van der Waals surface area contributed by atoms with E-state index in [-0.39, 0.29) is 11.8 Å². The van der Waals surface area contributed by atoms with Crippen LogP contribution in [0.25, 0.3) is 0 Å². The van der Waals surface area contributed by atoms with Crippen molar-refractivity contribution in [2.75, 3.05) is 11.9 Å². The Kier molecular flexibility index (Phi) is 4.82. The van der Waals surface area contributed by atoms with Crippen molar-refractivity contribution in [2.45, 2.75) is 64.5 Å². The van der Waals surface area contributed by atoms with Gasteiger partial charge in [0, 0.05) is 23.8 Å². The van der Waals surface area contributed by atoms with Crippen molar-refractivity contribution in [3.8, 4) is 0 Å². The quantitative estimate of drug-likeness (QED) is 0.813. The van der Waals surface area contributed by atoms with Gasteiger partial charge in [-0.3, -0.25) is 4.79 Å². The van der Waals surface area contributed by atoms with E-state index in [0.717, 1.165) is 24.9 Å². The maximum absolute atomic E-state index is 12.9. The molecular weight excluding hydrogens is 272 g/mol. The van der Waals surface area contributed by atoms with Crippen LogP contribution >= 0.6 is 0 Å². The molecule has 1 saturated carbocycles. The van der Waals surface area contributed by atoms with Crippen LogP contribution in [-0.2, 0) is 6.42 Å². The molecule has 0 aromatic heterocycles. The zero-order valence-electron chi connectivity index (χ0n) is 13.8. The smallest absolute Gasteiger partial charge is 0.179 e. The van der Waals surface area contributed by atoms with Gasteiger partial charge in [-0.2, -0.15) is 0 Å². The largest absolute Gasteiger partial charge is 0.384 e. The number of nitrogens with one attached hydrogen (secondary N) is 2. The predicted molar refractivity (Wildman–Crippen MR) is 91.6 cm³/mol. The maximum atomic E-state index is 12.9. The maximum Gasteiger partial charge on any atom is 0.179 e. The number of benzene rings is 1. The molecular formula is C19H28N2O. The molecule has 3 nitrogen and oxygen atoms in total. The van der Waals surface area contributed by atoms with Crippen molar-refractivity contribution in [2.24, 2.45) is 5.92 Å². The van der Waals surface area contributed by atoms with Crippen LogP contribution in [-0.4, -0.2) is 24.4 Å². The van der Waals surface area contributed by atoms with Gasteiger partial charge in [-0.25, -0.2) is 0 Å². The van der Waals surface area contributed by atoms with Crippen LogP contribution < -0.4 is 10.6 Å². The zero-order valence-corrected chi connectivity index (χ0v) is 13.8. The molecule has 0 amide bonds. The van der Waals surface area contributed by atoms with E-state index in [1.165, 1.54) is 36.9 Å². The lowest BCUT2D eigenvalue weighted by molar-refractivity contribution is 0.0920. The fraction of sp³-hybridized carbons (Fsp3) is 0.632. The predicted octanol–water partition coefficient (Wildman–Crippen LogP) is 3.78. The summed E-state index contributed by atoms with van der Waals surface area (Å²) in [6.07, 6.45) is 7.00. The van der Waals surface area contributed by atoms with E-state index >= 15 is 0 Å². The number of carbonyl (C=O) groups excluding carboxylic acids is 1. The van der Waals surface area contributed by atoms with E-state index in [1.807, 2.05) is 6.07 Å². The minimum Gasteiger partial charge on any atom is -0.384 e. The van der Waals surface area contributed by atoms with Crippen molar-refractivity contribution >= 4 is 11.5 Å². The minimum atomic E-state index is -0.0436. The molecule has 120 valence electrons. The van der Waals surface area contributed by atoms with Crippen LogP contribution in [0, 0.1) is 5.92 Å². The first-order valence-corrected chi connectivity index (χ1v) is 8.86. The molecule has 3 atom stereocenters. The second-order valence-electron chi connectivity index (χ2n) is 6.91. The number of fused-ring (bicyclic) bond motifs is 1. The van der Waals surface area contributed by atoms with Crippen molar-refractivity contribution < 1.29 is 4.79 Å². The number of hydrogen-bond acceptors (Lipinski definition) is 3. The van der Waals surface area contributed by atoms with Gasteiger partial charge in [-0.15, -0.1) is 0 Å². The molecule has 1 fully saturated rings. The third-order valence-corrected chi connectivity index (χ3v) is 5.35. The lowest BCUT2D eigenvalue weighted by Gasteiger charge is -2.32. The summed E-state index contributed by atoms with van der Waals surface area (Å²) in [5, 5.41) is 7.01. The first-order valence-electron chi connectivity index (χ1n) is 8.86. The van der Waals surface area contributed by atoms with Gasteiger partial charge in [0.05, 0.1) is 6.04 Å². The van der Waals surface area contributed by atoms with Gasteiger partial charge in [0.1, 0.15) is 0 Å². The van der Waals surface area contributed by atoms with Crippen LogP contribution in [0.3, 0.4) is 0 Å². The molecule has 0 radical (unpaired) electrons. The molecule has 1 aliphatic carbocycles. The monoisotopic (exact) mass is 300 g/mol. The molecule has 2 aliphatic rings. The number of Topliss-reactive ketones (excluding diaryl/α,β-unsaturated/α-hetero) is 1. The Hall–Kier alpha value is -1.35. The van der Waals surface area contributed by atoms with Gasteiger partial charge < -0.3 is 10.6 Å². The number of rotatable bonds is 5. The van der Waals surface area contributed by atoms with E-state index in [1.54, 1.807) is 0 Å². The summed E-state index contributed by atoms with van der Waals surface area (Å²) in [4.78, 5) is 12.9. The van der Waals surface area contributed by atoms with Gasteiger partial charge in [0.25, 0.3) is 0 Å². The van der Waals surface area contributed by atoms with Gasteiger partial charge >= 0.3 is 0 Å². The molecule has 3 unspecified atom stereocenters. The van der Waals surface area contributed by atoms with Crippen LogP contribution in [0.4, 0.5) is 5.69 Å². The number of ketones is 1. The average Bonchev–Trinajstić information content (AvgIpc) is 3.01. The van der Waals surface area contributed by atoms with E-state index in [9.17, 15) is 4.79 Å². The third-order valence-electron chi connectivity index (χ3n) is 5.35. The SMILES string of the molecule is CCC(NC1CCCCC1C)C(=O)c1ccc2c(c1)CCN2. The second kappa shape index (κ2) is 6.82. The first kappa shape index (κ1) is 15.5. The molecule has 3 heteroatoms. The lowest BCUT2D eigenvalue weighted by Crippen LogP contribution is -2.47. The topological polar surface area (TPSA) is 41.1 Å². The number of hydrogen-bond donors (Lipinski definition) is 2.